The average Bonchev–Trinajstić information content (AvgIpc) is 3.14. The highest BCUT2D eigenvalue weighted by atomic mass is 28.3. The summed E-state index contributed by atoms with van der Waals surface area (Å²) in [6.07, 6.45) is 8.88. The number of hydrogen-bond acceptors (Lipinski definition) is 6. The van der Waals surface area contributed by atoms with E-state index in [9.17, 15) is 5.11 Å². The van der Waals surface area contributed by atoms with E-state index in [0.717, 1.165) is 41.0 Å². The Morgan fingerprint density at radius 2 is 1.88 bits per heavy atom. The number of fused-ring (bicyclic) bond motifs is 1. The molecule has 3 heterocycles. The molecule has 1 aromatic carbocycles. The predicted molar refractivity (Wildman–Crippen MR) is 170 cm³/mol. The maximum atomic E-state index is 15.4. The van der Waals surface area contributed by atoms with Crippen LogP contribution in [0.4, 0.5) is 10.3 Å². The van der Waals surface area contributed by atoms with Crippen LogP contribution in [0.3, 0.4) is 0 Å². The Morgan fingerprint density at radius 3 is 2.51 bits per heavy atom. The highest BCUT2D eigenvalue weighted by Crippen LogP contribution is 2.34. The quantitative estimate of drug-likeness (QED) is 0.176. The van der Waals surface area contributed by atoms with Crippen molar-refractivity contribution in [3.8, 4) is 11.3 Å². The zero-order valence-electron chi connectivity index (χ0n) is 26.2. The van der Waals surface area contributed by atoms with Crippen LogP contribution in [-0.4, -0.2) is 57.0 Å². The molecule has 0 saturated carbocycles. The molecular weight excluding hydrogens is 533 g/mol. The number of anilines is 1. The van der Waals surface area contributed by atoms with Gasteiger partial charge < -0.3 is 25.0 Å². The fraction of sp³-hybridized carbons (Fsp3) is 0.562. The SMILES string of the molecule is CC(C)(O)/C=C/c1cc2c(cc1F)c(-c1ccnc(NC3CC(C)(C)NC(C)(C)C3)n1)cn2COCC[Si](C)(C)C. The predicted octanol–water partition coefficient (Wildman–Crippen LogP) is 7.05. The van der Waals surface area contributed by atoms with Gasteiger partial charge in [-0.15, -0.1) is 0 Å². The van der Waals surface area contributed by atoms with Gasteiger partial charge in [-0.25, -0.2) is 14.4 Å². The fourth-order valence-electron chi connectivity index (χ4n) is 5.79. The van der Waals surface area contributed by atoms with Gasteiger partial charge in [0.05, 0.1) is 16.8 Å². The first kappa shape index (κ1) is 31.3. The second-order valence-corrected chi connectivity index (χ2v) is 20.3. The Labute approximate surface area is 245 Å². The second-order valence-electron chi connectivity index (χ2n) is 14.6. The monoisotopic (exact) mass is 581 g/mol. The summed E-state index contributed by atoms with van der Waals surface area (Å²) >= 11 is 0. The normalized spacial score (nSPS) is 17.9. The van der Waals surface area contributed by atoms with Crippen LogP contribution in [-0.2, 0) is 11.5 Å². The number of benzene rings is 1. The summed E-state index contributed by atoms with van der Waals surface area (Å²) < 4.78 is 23.5. The van der Waals surface area contributed by atoms with Crippen LogP contribution in [0.15, 0.2) is 36.7 Å². The minimum atomic E-state index is -1.23. The summed E-state index contributed by atoms with van der Waals surface area (Å²) in [7, 11) is -1.23. The zero-order chi connectivity index (χ0) is 30.2. The minimum Gasteiger partial charge on any atom is -0.386 e. The van der Waals surface area contributed by atoms with Crippen molar-refractivity contribution in [2.75, 3.05) is 11.9 Å². The standard InChI is InChI=1S/C32H48FN5O2Si/c1-30(2)18-23(19-31(3,4)37-30)35-29-34-13-11-27(36-29)25-20-38(21-40-14-15-41(7,8)9)28-16-22(10-12-32(5,6)39)26(33)17-24(25)28/h10-13,16-17,20,23,37,39H,14-15,18-19,21H2,1-9H3,(H,34,35,36)/b12-10+. The maximum Gasteiger partial charge on any atom is 0.223 e. The second kappa shape index (κ2) is 11.6. The lowest BCUT2D eigenvalue weighted by molar-refractivity contribution is 0.0903. The lowest BCUT2D eigenvalue weighted by atomic mass is 9.80. The molecule has 7 nitrogen and oxygen atoms in total. The van der Waals surface area contributed by atoms with Gasteiger partial charge in [0.2, 0.25) is 5.95 Å². The van der Waals surface area contributed by atoms with Gasteiger partial charge in [-0.2, -0.15) is 0 Å². The van der Waals surface area contributed by atoms with E-state index >= 15 is 4.39 Å². The number of halogens is 1. The van der Waals surface area contributed by atoms with Gasteiger partial charge in [-0.1, -0.05) is 31.8 Å². The van der Waals surface area contributed by atoms with Gasteiger partial charge in [0.1, 0.15) is 12.5 Å². The van der Waals surface area contributed by atoms with Gasteiger partial charge in [0.15, 0.2) is 0 Å². The third-order valence-corrected chi connectivity index (χ3v) is 9.06. The summed E-state index contributed by atoms with van der Waals surface area (Å²) in [6.45, 7) is 20.3. The van der Waals surface area contributed by atoms with Gasteiger partial charge in [0.25, 0.3) is 0 Å². The number of ether oxygens (including phenoxy) is 1. The van der Waals surface area contributed by atoms with Crippen LogP contribution in [0.2, 0.25) is 25.7 Å². The molecule has 0 amide bonds. The number of rotatable bonds is 10. The molecule has 0 unspecified atom stereocenters. The molecule has 0 atom stereocenters. The Hall–Kier alpha value is -2.59. The largest absolute Gasteiger partial charge is 0.386 e. The molecule has 9 heteroatoms. The van der Waals surface area contributed by atoms with Gasteiger partial charge >= 0.3 is 0 Å². The fourth-order valence-corrected chi connectivity index (χ4v) is 6.54. The molecule has 1 aliphatic heterocycles. The van der Waals surface area contributed by atoms with Crippen LogP contribution in [0.25, 0.3) is 28.2 Å². The molecule has 0 bridgehead atoms. The van der Waals surface area contributed by atoms with E-state index in [1.54, 1.807) is 38.3 Å². The van der Waals surface area contributed by atoms with Crippen molar-refractivity contribution in [1.29, 1.82) is 0 Å². The number of nitrogens with zero attached hydrogens (tertiary/aromatic N) is 3. The number of piperidine rings is 1. The third-order valence-electron chi connectivity index (χ3n) is 7.35. The molecule has 1 fully saturated rings. The summed E-state index contributed by atoms with van der Waals surface area (Å²) in [6, 6.07) is 6.53. The van der Waals surface area contributed by atoms with Crippen LogP contribution < -0.4 is 10.6 Å². The van der Waals surface area contributed by atoms with E-state index in [0.29, 0.717) is 24.8 Å². The number of hydrogen-bond donors (Lipinski definition) is 3. The Morgan fingerprint density at radius 1 is 1.20 bits per heavy atom. The van der Waals surface area contributed by atoms with Crippen LogP contribution >= 0.6 is 0 Å². The average molecular weight is 582 g/mol. The highest BCUT2D eigenvalue weighted by molar-refractivity contribution is 6.76. The number of aromatic nitrogens is 3. The molecule has 4 rings (SSSR count). The molecule has 41 heavy (non-hydrogen) atoms. The lowest BCUT2D eigenvalue weighted by Gasteiger charge is -2.46. The van der Waals surface area contributed by atoms with E-state index in [4.69, 9.17) is 9.72 Å². The van der Waals surface area contributed by atoms with Gasteiger partial charge in [-0.3, -0.25) is 0 Å². The van der Waals surface area contributed by atoms with Crippen molar-refractivity contribution in [2.45, 2.75) is 110 Å². The molecule has 224 valence electrons. The molecule has 0 aliphatic carbocycles. The molecular formula is C32H48FN5O2Si. The van der Waals surface area contributed by atoms with Crippen LogP contribution in [0, 0.1) is 5.82 Å². The molecule has 2 aromatic heterocycles. The van der Waals surface area contributed by atoms with Crippen LogP contribution in [0.1, 0.15) is 59.9 Å². The van der Waals surface area contributed by atoms with E-state index in [1.165, 1.54) is 0 Å². The van der Waals surface area contributed by atoms with Crippen molar-refractivity contribution < 1.29 is 14.2 Å². The number of nitrogens with one attached hydrogen (secondary N) is 2. The van der Waals surface area contributed by atoms with Gasteiger partial charge in [0, 0.05) is 60.7 Å². The summed E-state index contributed by atoms with van der Waals surface area (Å²) in [4.78, 5) is 9.41. The van der Waals surface area contributed by atoms with E-state index in [-0.39, 0.29) is 22.9 Å². The lowest BCUT2D eigenvalue weighted by Crippen LogP contribution is -2.60. The molecule has 3 aromatic rings. The summed E-state index contributed by atoms with van der Waals surface area (Å²) in [5.41, 5.74) is 1.75. The Balaban J connectivity index is 1.69. The first-order chi connectivity index (χ1) is 18.9. The van der Waals surface area contributed by atoms with Crippen molar-refractivity contribution in [3.63, 3.8) is 0 Å². The van der Waals surface area contributed by atoms with E-state index < -0.39 is 13.7 Å². The smallest absolute Gasteiger partial charge is 0.223 e. The van der Waals surface area contributed by atoms with Crippen molar-refractivity contribution >= 4 is 31.0 Å². The number of aliphatic hydroxyl groups is 1. The molecule has 1 aliphatic rings. The Kier molecular flexibility index (Phi) is 8.86. The van der Waals surface area contributed by atoms with Crippen molar-refractivity contribution in [3.05, 3.63) is 48.0 Å². The third kappa shape index (κ3) is 8.70. The minimum absolute atomic E-state index is 0.00511. The summed E-state index contributed by atoms with van der Waals surface area (Å²) in [5, 5.41) is 18.2. The molecule has 1 saturated heterocycles. The Bertz CT molecular complexity index is 1390. The van der Waals surface area contributed by atoms with E-state index in [2.05, 4.69) is 63.0 Å². The molecule has 0 radical (unpaired) electrons. The zero-order valence-corrected chi connectivity index (χ0v) is 27.2. The summed E-state index contributed by atoms with van der Waals surface area (Å²) in [5.74, 6) is 0.210. The first-order valence-electron chi connectivity index (χ1n) is 14.6. The van der Waals surface area contributed by atoms with Crippen molar-refractivity contribution in [1.82, 2.24) is 19.9 Å². The van der Waals surface area contributed by atoms with Crippen molar-refractivity contribution in [2.24, 2.45) is 0 Å². The van der Waals surface area contributed by atoms with Gasteiger partial charge in [-0.05, 0) is 78.6 Å². The maximum absolute atomic E-state index is 15.4. The van der Waals surface area contributed by atoms with Crippen LogP contribution in [0.5, 0.6) is 0 Å². The topological polar surface area (TPSA) is 84.2 Å². The van der Waals surface area contributed by atoms with E-state index in [1.807, 2.05) is 22.9 Å². The first-order valence-corrected chi connectivity index (χ1v) is 18.3. The highest BCUT2D eigenvalue weighted by Gasteiger charge is 2.37. The molecule has 0 spiro atoms. The molecule has 3 N–H and O–H groups in total.